The number of ether oxygens (including phenoxy) is 2. The number of anilines is 2. The van der Waals surface area contributed by atoms with Crippen LogP contribution in [0, 0.1) is 0 Å². The fourth-order valence-electron chi connectivity index (χ4n) is 1.82. The first-order chi connectivity index (χ1) is 10.1. The van der Waals surface area contributed by atoms with Crippen LogP contribution in [0.5, 0.6) is 11.5 Å². The molecule has 5 heteroatoms. The fourth-order valence-corrected chi connectivity index (χ4v) is 1.82. The SMILES string of the molecule is Nc1ccc(OCCCC(N)Oc2ccc(N)cc2)cc1. The summed E-state index contributed by atoms with van der Waals surface area (Å²) in [4.78, 5) is 0. The van der Waals surface area contributed by atoms with Gasteiger partial charge in [-0.1, -0.05) is 0 Å². The van der Waals surface area contributed by atoms with E-state index in [0.29, 0.717) is 18.7 Å². The van der Waals surface area contributed by atoms with Gasteiger partial charge < -0.3 is 20.9 Å². The van der Waals surface area contributed by atoms with Crippen molar-refractivity contribution in [1.29, 1.82) is 0 Å². The lowest BCUT2D eigenvalue weighted by molar-refractivity contribution is 0.183. The van der Waals surface area contributed by atoms with Crippen molar-refractivity contribution >= 4 is 11.4 Å². The van der Waals surface area contributed by atoms with E-state index >= 15 is 0 Å². The highest BCUT2D eigenvalue weighted by molar-refractivity contribution is 5.42. The van der Waals surface area contributed by atoms with Crippen LogP contribution in [-0.2, 0) is 0 Å². The van der Waals surface area contributed by atoms with Crippen molar-refractivity contribution in [3.05, 3.63) is 48.5 Å². The Hall–Kier alpha value is -2.40. The van der Waals surface area contributed by atoms with Crippen molar-refractivity contribution in [1.82, 2.24) is 0 Å². The number of nitrogens with two attached hydrogens (primary N) is 3. The van der Waals surface area contributed by atoms with Crippen LogP contribution >= 0.6 is 0 Å². The summed E-state index contributed by atoms with van der Waals surface area (Å²) in [5.74, 6) is 1.52. The Labute approximate surface area is 124 Å². The molecule has 0 amide bonds. The molecule has 0 bridgehead atoms. The second-order valence-electron chi connectivity index (χ2n) is 4.79. The molecule has 0 saturated heterocycles. The molecule has 21 heavy (non-hydrogen) atoms. The predicted molar refractivity (Wildman–Crippen MR) is 85.0 cm³/mol. The number of benzene rings is 2. The van der Waals surface area contributed by atoms with Crippen LogP contribution < -0.4 is 26.7 Å². The van der Waals surface area contributed by atoms with Crippen molar-refractivity contribution in [2.75, 3.05) is 18.1 Å². The molecule has 6 N–H and O–H groups in total. The molecular weight excluding hydrogens is 266 g/mol. The highest BCUT2D eigenvalue weighted by Crippen LogP contribution is 2.16. The largest absolute Gasteiger partial charge is 0.494 e. The third kappa shape index (κ3) is 5.24. The molecule has 0 aromatic heterocycles. The van der Waals surface area contributed by atoms with Crippen LogP contribution in [0.2, 0.25) is 0 Å². The molecule has 2 aromatic rings. The first-order valence-electron chi connectivity index (χ1n) is 6.89. The van der Waals surface area contributed by atoms with E-state index in [9.17, 15) is 0 Å². The van der Waals surface area contributed by atoms with Crippen molar-refractivity contribution in [3.63, 3.8) is 0 Å². The van der Waals surface area contributed by atoms with Crippen molar-refractivity contribution in [3.8, 4) is 11.5 Å². The van der Waals surface area contributed by atoms with Crippen LogP contribution in [0.1, 0.15) is 12.8 Å². The highest BCUT2D eigenvalue weighted by atomic mass is 16.5. The Morgan fingerprint density at radius 1 is 0.810 bits per heavy atom. The fraction of sp³-hybridized carbons (Fsp3) is 0.250. The van der Waals surface area contributed by atoms with Gasteiger partial charge >= 0.3 is 0 Å². The summed E-state index contributed by atoms with van der Waals surface area (Å²) >= 11 is 0. The van der Waals surface area contributed by atoms with E-state index in [4.69, 9.17) is 26.7 Å². The van der Waals surface area contributed by atoms with Gasteiger partial charge in [0.1, 0.15) is 17.7 Å². The Kier molecular flexibility index (Phi) is 5.29. The van der Waals surface area contributed by atoms with E-state index < -0.39 is 0 Å². The van der Waals surface area contributed by atoms with Crippen LogP contribution in [0.4, 0.5) is 11.4 Å². The highest BCUT2D eigenvalue weighted by Gasteiger charge is 2.04. The van der Waals surface area contributed by atoms with E-state index in [0.717, 1.165) is 23.6 Å². The Morgan fingerprint density at radius 2 is 1.33 bits per heavy atom. The maximum absolute atomic E-state index is 5.92. The number of hydrogen-bond acceptors (Lipinski definition) is 5. The first-order valence-corrected chi connectivity index (χ1v) is 6.89. The number of nitrogen functional groups attached to an aromatic ring is 2. The standard InChI is InChI=1S/C16H21N3O2/c17-12-3-7-14(8-4-12)20-11-1-2-16(19)21-15-9-5-13(18)6-10-15/h3-10,16H,1-2,11,17-19H2. The molecule has 0 aliphatic carbocycles. The van der Waals surface area contributed by atoms with Gasteiger partial charge in [0, 0.05) is 17.8 Å². The van der Waals surface area contributed by atoms with Crippen molar-refractivity contribution in [2.45, 2.75) is 19.1 Å². The van der Waals surface area contributed by atoms with Gasteiger partial charge in [-0.15, -0.1) is 0 Å². The molecule has 1 unspecified atom stereocenters. The van der Waals surface area contributed by atoms with Crippen LogP contribution in [-0.4, -0.2) is 12.8 Å². The van der Waals surface area contributed by atoms with Gasteiger partial charge in [-0.05, 0) is 55.0 Å². The quantitative estimate of drug-likeness (QED) is 0.413. The van der Waals surface area contributed by atoms with Gasteiger partial charge in [-0.3, -0.25) is 5.73 Å². The molecule has 0 fully saturated rings. The minimum Gasteiger partial charge on any atom is -0.494 e. The molecule has 1 atom stereocenters. The summed E-state index contributed by atoms with van der Waals surface area (Å²) in [6.07, 6.45) is 1.16. The Balaban J connectivity index is 1.66. The van der Waals surface area contributed by atoms with E-state index in [1.807, 2.05) is 24.3 Å². The zero-order valence-corrected chi connectivity index (χ0v) is 11.9. The third-order valence-electron chi connectivity index (χ3n) is 2.95. The smallest absolute Gasteiger partial charge is 0.147 e. The summed E-state index contributed by atoms with van der Waals surface area (Å²) < 4.78 is 11.2. The van der Waals surface area contributed by atoms with Gasteiger partial charge in [0.05, 0.1) is 6.61 Å². The van der Waals surface area contributed by atoms with Gasteiger partial charge in [0.2, 0.25) is 0 Å². The second-order valence-corrected chi connectivity index (χ2v) is 4.79. The number of hydrogen-bond donors (Lipinski definition) is 3. The van der Waals surface area contributed by atoms with Gasteiger partial charge in [-0.25, -0.2) is 0 Å². The summed E-state index contributed by atoms with van der Waals surface area (Å²) in [7, 11) is 0. The minimum atomic E-state index is -0.358. The topological polar surface area (TPSA) is 96.5 Å². The van der Waals surface area contributed by atoms with Crippen molar-refractivity contribution in [2.24, 2.45) is 5.73 Å². The van der Waals surface area contributed by atoms with E-state index in [1.165, 1.54) is 0 Å². The molecule has 112 valence electrons. The maximum Gasteiger partial charge on any atom is 0.147 e. The molecule has 0 spiro atoms. The predicted octanol–water partition coefficient (Wildman–Crippen LogP) is 2.37. The van der Waals surface area contributed by atoms with Gasteiger partial charge in [0.15, 0.2) is 0 Å². The first kappa shape index (κ1) is 15.0. The summed E-state index contributed by atoms with van der Waals surface area (Å²) in [5.41, 5.74) is 18.6. The summed E-state index contributed by atoms with van der Waals surface area (Å²) in [5, 5.41) is 0. The zero-order valence-electron chi connectivity index (χ0n) is 11.9. The van der Waals surface area contributed by atoms with E-state index in [-0.39, 0.29) is 6.23 Å². The van der Waals surface area contributed by atoms with Gasteiger partial charge in [0.25, 0.3) is 0 Å². The molecule has 2 rings (SSSR count). The normalized spacial score (nSPS) is 11.9. The molecule has 0 saturated carbocycles. The number of rotatable bonds is 7. The van der Waals surface area contributed by atoms with Crippen LogP contribution in [0.15, 0.2) is 48.5 Å². The van der Waals surface area contributed by atoms with Crippen LogP contribution in [0.25, 0.3) is 0 Å². The van der Waals surface area contributed by atoms with E-state index in [2.05, 4.69) is 0 Å². The molecule has 0 radical (unpaired) electrons. The maximum atomic E-state index is 5.92. The third-order valence-corrected chi connectivity index (χ3v) is 2.95. The average molecular weight is 287 g/mol. The molecule has 0 aliphatic heterocycles. The van der Waals surface area contributed by atoms with Crippen molar-refractivity contribution < 1.29 is 9.47 Å². The summed E-state index contributed by atoms with van der Waals surface area (Å²) in [6.45, 7) is 0.586. The van der Waals surface area contributed by atoms with E-state index in [1.54, 1.807) is 24.3 Å². The van der Waals surface area contributed by atoms with Crippen LogP contribution in [0.3, 0.4) is 0 Å². The average Bonchev–Trinajstić information content (AvgIpc) is 2.48. The molecule has 2 aromatic carbocycles. The Morgan fingerprint density at radius 3 is 1.90 bits per heavy atom. The molecular formula is C16H21N3O2. The molecule has 0 aliphatic rings. The monoisotopic (exact) mass is 287 g/mol. The molecule has 0 heterocycles. The summed E-state index contributed by atoms with van der Waals surface area (Å²) in [6, 6.07) is 14.5. The second kappa shape index (κ2) is 7.40. The lowest BCUT2D eigenvalue weighted by Gasteiger charge is -2.15. The lowest BCUT2D eigenvalue weighted by Crippen LogP contribution is -2.27. The molecule has 5 nitrogen and oxygen atoms in total. The Bertz CT molecular complexity index is 540. The zero-order chi connectivity index (χ0) is 15.1. The minimum absolute atomic E-state index is 0.358. The lowest BCUT2D eigenvalue weighted by atomic mass is 10.3. The van der Waals surface area contributed by atoms with Gasteiger partial charge in [-0.2, -0.15) is 0 Å².